The second-order valence-electron chi connectivity index (χ2n) is 6.18. The Labute approximate surface area is 153 Å². The zero-order valence-electron chi connectivity index (χ0n) is 14.1. The van der Waals surface area contributed by atoms with Crippen LogP contribution in [0.1, 0.15) is 32.1 Å². The maximum absolute atomic E-state index is 12.1. The normalized spacial score (nSPS) is 15.4. The Bertz CT molecular complexity index is 903. The summed E-state index contributed by atoms with van der Waals surface area (Å²) >= 11 is 1.23. The molecule has 0 spiro atoms. The number of carbonyl (C=O) groups is 1. The molecule has 0 unspecified atom stereocenters. The first-order valence-electron chi connectivity index (χ1n) is 8.55. The summed E-state index contributed by atoms with van der Waals surface area (Å²) in [6.45, 7) is 0. The Hall–Kier alpha value is -2.62. The largest absolute Gasteiger partial charge is 0.461 e. The molecule has 9 nitrogen and oxygen atoms in total. The van der Waals surface area contributed by atoms with Crippen LogP contribution in [-0.2, 0) is 4.79 Å². The van der Waals surface area contributed by atoms with Crippen LogP contribution in [-0.4, -0.2) is 42.3 Å². The van der Waals surface area contributed by atoms with E-state index in [0.717, 1.165) is 12.8 Å². The molecule has 3 heterocycles. The van der Waals surface area contributed by atoms with Crippen LogP contribution in [0.2, 0.25) is 0 Å². The van der Waals surface area contributed by atoms with Gasteiger partial charge in [-0.1, -0.05) is 31.0 Å². The van der Waals surface area contributed by atoms with E-state index >= 15 is 0 Å². The average Bonchev–Trinajstić information content (AvgIpc) is 3.30. The van der Waals surface area contributed by atoms with Crippen molar-refractivity contribution in [3.63, 3.8) is 0 Å². The Kier molecular flexibility index (Phi) is 4.74. The van der Waals surface area contributed by atoms with Crippen molar-refractivity contribution in [2.45, 2.75) is 43.3 Å². The first kappa shape index (κ1) is 16.8. The molecule has 0 atom stereocenters. The molecule has 3 N–H and O–H groups in total. The molecule has 1 aliphatic carbocycles. The molecular formula is C16H19N7O2S. The number of nitrogens with two attached hydrogens (primary N) is 1. The number of rotatable bonds is 5. The van der Waals surface area contributed by atoms with Crippen molar-refractivity contribution < 1.29 is 9.21 Å². The van der Waals surface area contributed by atoms with E-state index in [1.54, 1.807) is 18.4 Å². The fraction of sp³-hybridized carbons (Fsp3) is 0.438. The Morgan fingerprint density at radius 3 is 2.92 bits per heavy atom. The molecule has 4 rings (SSSR count). The van der Waals surface area contributed by atoms with Gasteiger partial charge in [-0.15, -0.1) is 5.10 Å². The molecule has 3 aromatic heterocycles. The second-order valence-corrected chi connectivity index (χ2v) is 7.12. The van der Waals surface area contributed by atoms with E-state index in [-0.39, 0.29) is 23.7 Å². The maximum atomic E-state index is 12.1. The number of furan rings is 1. The van der Waals surface area contributed by atoms with Crippen LogP contribution in [0.5, 0.6) is 0 Å². The second kappa shape index (κ2) is 7.32. The monoisotopic (exact) mass is 373 g/mol. The summed E-state index contributed by atoms with van der Waals surface area (Å²) in [5.74, 6) is 1.62. The summed E-state index contributed by atoms with van der Waals surface area (Å²) in [6, 6.07) is 3.80. The molecule has 0 bridgehead atoms. The number of aromatic nitrogens is 5. The Balaban J connectivity index is 1.44. The van der Waals surface area contributed by atoms with Gasteiger partial charge in [-0.3, -0.25) is 4.79 Å². The van der Waals surface area contributed by atoms with Gasteiger partial charge in [0.2, 0.25) is 17.7 Å². The number of thioether (sulfide) groups is 1. The van der Waals surface area contributed by atoms with Crippen molar-refractivity contribution in [3.05, 3.63) is 18.4 Å². The van der Waals surface area contributed by atoms with E-state index in [1.807, 2.05) is 0 Å². The SMILES string of the molecule is Nc1nc(SCC(=O)NC2CCCCC2)nc2nc(-c3ccco3)nn12. The van der Waals surface area contributed by atoms with Gasteiger partial charge in [0.25, 0.3) is 5.78 Å². The van der Waals surface area contributed by atoms with Crippen LogP contribution >= 0.6 is 11.8 Å². The van der Waals surface area contributed by atoms with Gasteiger partial charge in [0, 0.05) is 6.04 Å². The van der Waals surface area contributed by atoms with Crippen LogP contribution in [0.25, 0.3) is 17.4 Å². The van der Waals surface area contributed by atoms with Gasteiger partial charge >= 0.3 is 0 Å². The third-order valence-electron chi connectivity index (χ3n) is 4.26. The number of amides is 1. The van der Waals surface area contributed by atoms with E-state index in [4.69, 9.17) is 10.2 Å². The molecule has 0 saturated heterocycles. The van der Waals surface area contributed by atoms with E-state index in [2.05, 4.69) is 25.4 Å². The van der Waals surface area contributed by atoms with E-state index in [0.29, 0.717) is 22.5 Å². The van der Waals surface area contributed by atoms with Crippen molar-refractivity contribution in [3.8, 4) is 11.6 Å². The van der Waals surface area contributed by atoms with Crippen molar-refractivity contribution in [1.82, 2.24) is 29.9 Å². The average molecular weight is 373 g/mol. The lowest BCUT2D eigenvalue weighted by atomic mass is 9.95. The van der Waals surface area contributed by atoms with Crippen LogP contribution < -0.4 is 11.1 Å². The van der Waals surface area contributed by atoms with Crippen molar-refractivity contribution in [2.75, 3.05) is 11.5 Å². The van der Waals surface area contributed by atoms with Gasteiger partial charge in [-0.05, 0) is 25.0 Å². The number of anilines is 1. The van der Waals surface area contributed by atoms with Crippen LogP contribution in [0.15, 0.2) is 28.0 Å². The maximum Gasteiger partial charge on any atom is 0.258 e. The number of nitrogens with one attached hydrogen (secondary N) is 1. The molecule has 0 aromatic carbocycles. The molecule has 1 aliphatic rings. The number of nitrogens with zero attached hydrogens (tertiary/aromatic N) is 5. The fourth-order valence-corrected chi connectivity index (χ4v) is 3.65. The minimum Gasteiger partial charge on any atom is -0.461 e. The van der Waals surface area contributed by atoms with E-state index in [1.165, 1.54) is 35.5 Å². The topological polar surface area (TPSA) is 124 Å². The molecular weight excluding hydrogens is 354 g/mol. The summed E-state index contributed by atoms with van der Waals surface area (Å²) in [7, 11) is 0. The molecule has 26 heavy (non-hydrogen) atoms. The zero-order valence-corrected chi connectivity index (χ0v) is 14.9. The number of carbonyl (C=O) groups excluding carboxylic acids is 1. The lowest BCUT2D eigenvalue weighted by molar-refractivity contribution is -0.119. The van der Waals surface area contributed by atoms with Gasteiger partial charge in [0.15, 0.2) is 10.9 Å². The summed E-state index contributed by atoms with van der Waals surface area (Å²) in [4.78, 5) is 25.0. The van der Waals surface area contributed by atoms with Crippen molar-refractivity contribution >= 4 is 29.4 Å². The number of nitrogen functional groups attached to an aromatic ring is 1. The minimum absolute atomic E-state index is 0.0123. The van der Waals surface area contributed by atoms with E-state index < -0.39 is 0 Å². The van der Waals surface area contributed by atoms with Crippen molar-refractivity contribution in [2.24, 2.45) is 0 Å². The summed E-state index contributed by atoms with van der Waals surface area (Å²) in [5, 5.41) is 7.71. The molecule has 0 radical (unpaired) electrons. The zero-order chi connectivity index (χ0) is 17.9. The quantitative estimate of drug-likeness (QED) is 0.650. The van der Waals surface area contributed by atoms with Gasteiger partial charge in [0.05, 0.1) is 12.0 Å². The third-order valence-corrected chi connectivity index (χ3v) is 5.10. The van der Waals surface area contributed by atoms with Crippen LogP contribution in [0, 0.1) is 0 Å². The van der Waals surface area contributed by atoms with Gasteiger partial charge in [-0.25, -0.2) is 0 Å². The predicted molar refractivity (Wildman–Crippen MR) is 96.4 cm³/mol. The molecule has 1 saturated carbocycles. The Morgan fingerprint density at radius 1 is 1.31 bits per heavy atom. The highest BCUT2D eigenvalue weighted by molar-refractivity contribution is 7.99. The first-order valence-corrected chi connectivity index (χ1v) is 9.54. The van der Waals surface area contributed by atoms with E-state index in [9.17, 15) is 4.79 Å². The number of fused-ring (bicyclic) bond motifs is 1. The van der Waals surface area contributed by atoms with Crippen molar-refractivity contribution in [1.29, 1.82) is 0 Å². The standard InChI is InChI=1S/C16H19N7O2S/c17-14-20-16(26-9-12(24)18-10-5-2-1-3-6-10)21-15-19-13(22-23(14)15)11-7-4-8-25-11/h4,7-8,10H,1-3,5-6,9H2,(H,18,24)(H2,17,19,20,21,22). The molecule has 0 aliphatic heterocycles. The minimum atomic E-state index is -0.0123. The Morgan fingerprint density at radius 2 is 2.15 bits per heavy atom. The highest BCUT2D eigenvalue weighted by atomic mass is 32.2. The lowest BCUT2D eigenvalue weighted by Gasteiger charge is -2.22. The van der Waals surface area contributed by atoms with Gasteiger partial charge < -0.3 is 15.5 Å². The molecule has 10 heteroatoms. The molecule has 1 amide bonds. The third kappa shape index (κ3) is 3.64. The lowest BCUT2D eigenvalue weighted by Crippen LogP contribution is -2.37. The van der Waals surface area contributed by atoms with Crippen LogP contribution in [0.4, 0.5) is 5.95 Å². The fourth-order valence-electron chi connectivity index (χ4n) is 3.01. The number of hydrogen-bond donors (Lipinski definition) is 2. The summed E-state index contributed by atoms with van der Waals surface area (Å²) in [5.41, 5.74) is 5.94. The summed E-state index contributed by atoms with van der Waals surface area (Å²) in [6.07, 6.45) is 7.27. The smallest absolute Gasteiger partial charge is 0.258 e. The van der Waals surface area contributed by atoms with Gasteiger partial charge in [-0.2, -0.15) is 19.5 Å². The number of hydrogen-bond acceptors (Lipinski definition) is 8. The molecule has 136 valence electrons. The van der Waals surface area contributed by atoms with Crippen LogP contribution in [0.3, 0.4) is 0 Å². The van der Waals surface area contributed by atoms with Gasteiger partial charge in [0.1, 0.15) is 0 Å². The molecule has 3 aromatic rings. The predicted octanol–water partition coefficient (Wildman–Crippen LogP) is 1.90. The highest BCUT2D eigenvalue weighted by Crippen LogP contribution is 2.20. The highest BCUT2D eigenvalue weighted by Gasteiger charge is 2.17. The summed E-state index contributed by atoms with van der Waals surface area (Å²) < 4.78 is 6.64. The first-order chi connectivity index (χ1) is 12.7. The molecule has 1 fully saturated rings.